The Morgan fingerprint density at radius 2 is 0.796 bits per heavy atom. The summed E-state index contributed by atoms with van der Waals surface area (Å²) >= 11 is 0. The molecule has 0 bridgehead atoms. The lowest BCUT2D eigenvalue weighted by Crippen LogP contribution is -2.48. The molecule has 4 aromatic carbocycles. The van der Waals surface area contributed by atoms with E-state index in [4.69, 9.17) is 91.1 Å². The van der Waals surface area contributed by atoms with Crippen LogP contribution in [0.3, 0.4) is 0 Å². The van der Waals surface area contributed by atoms with E-state index >= 15 is 0 Å². The minimum atomic E-state index is -1.16. The van der Waals surface area contributed by atoms with Gasteiger partial charge in [0, 0.05) is 48.2 Å². The van der Waals surface area contributed by atoms with Crippen molar-refractivity contribution in [2.24, 2.45) is 63.6 Å². The number of nitrogens with two attached hydrogens (primary N) is 8. The Balaban J connectivity index is 0.000000197. The van der Waals surface area contributed by atoms with E-state index in [2.05, 4.69) is 0 Å². The SMILES string of the molecule is NC1(C(=O)O)CC1.NC1(C(=O)O)CCCC1.NC1(C(=O)O)CCc2ccccc21.NC1(C(=O)O)Cc2ccccc2C1.NCCc1cccc2c1oc1c(CCC(=O)O)cccc12.N[C@@H]1CCCC[C@@H]1C(=O)O.N[C@H]1CCCC[C@@H]1C(=O)O.N[C@H]1CCCC[C@H]1C(=O)O. The van der Waals surface area contributed by atoms with Gasteiger partial charge in [0.25, 0.3) is 0 Å². The van der Waals surface area contributed by atoms with E-state index in [-0.39, 0.29) is 42.3 Å². The van der Waals surface area contributed by atoms with Gasteiger partial charge in [-0.05, 0) is 130 Å². The van der Waals surface area contributed by atoms with E-state index in [0.29, 0.717) is 57.9 Å². The van der Waals surface area contributed by atoms with Gasteiger partial charge in [-0.2, -0.15) is 0 Å². The van der Waals surface area contributed by atoms with Crippen molar-refractivity contribution in [3.63, 3.8) is 0 Å². The summed E-state index contributed by atoms with van der Waals surface area (Å²) in [7, 11) is 0. The lowest BCUT2D eigenvalue weighted by molar-refractivity contribution is -0.144. The molecule has 7 aliphatic carbocycles. The van der Waals surface area contributed by atoms with Crippen molar-refractivity contribution in [2.45, 2.75) is 201 Å². The van der Waals surface area contributed by atoms with Crippen molar-refractivity contribution in [2.75, 3.05) is 6.54 Å². The predicted octanol–water partition coefficient (Wildman–Crippen LogP) is 6.21. The fourth-order valence-electron chi connectivity index (χ4n) is 12.4. The number of fused-ring (bicyclic) bond motifs is 5. The number of furan rings is 1. The van der Waals surface area contributed by atoms with E-state index in [1.54, 1.807) is 6.07 Å². The Morgan fingerprint density at radius 3 is 1.12 bits per heavy atom. The molecule has 5 fully saturated rings. The normalized spacial score (nSPS) is 23.7. The second-order valence-electron chi connectivity index (χ2n) is 25.4. The van der Waals surface area contributed by atoms with Crippen LogP contribution < -0.4 is 45.9 Å². The molecule has 25 nitrogen and oxygen atoms in total. The first kappa shape index (κ1) is 75.8. The molecule has 93 heavy (non-hydrogen) atoms. The van der Waals surface area contributed by atoms with Crippen LogP contribution >= 0.6 is 0 Å². The first-order chi connectivity index (χ1) is 43.9. The average Bonchev–Trinajstić information content (AvgIpc) is 1.65. The zero-order chi connectivity index (χ0) is 68.8. The summed E-state index contributed by atoms with van der Waals surface area (Å²) in [6.07, 6.45) is 19.2. The number of rotatable bonds is 12. The molecule has 0 amide bonds. The van der Waals surface area contributed by atoms with E-state index in [0.717, 1.165) is 158 Å². The van der Waals surface area contributed by atoms with Crippen LogP contribution in [0.5, 0.6) is 0 Å². The number of para-hydroxylation sites is 2. The Morgan fingerprint density at radius 1 is 0.419 bits per heavy atom. The maximum atomic E-state index is 11.0. The standard InChI is InChI=1S/C17H17NO3.2C10H11NO2.3C7H13NO2.C6H11NO2.C4H7NO2/c18-10-9-12-4-2-6-14-13-5-1-3-11(7-8-15(19)20)16(13)21-17(12)14;11-10(9(12)13)5-7-3-1-2-4-8(7)6-10;11-10(9(12)13)6-5-7-3-1-2-4-8(7)10;3*8-6-4-2-1-3-5(6)7(9)10;7-6(5(8)9)3-1-2-4-6;5-4(1-2-4)3(6)7/h1-6H,7-10,18H2,(H,19,20);2*1-4H,5-6,11H2,(H,12,13);3*5-6H,1-4,8H2,(H,9,10);1-4,7H2,(H,8,9);1-2,5H2,(H,6,7)/t;;;2*5-,6+;5-,6-;;/m...100../s1. The molecule has 0 saturated heterocycles. The van der Waals surface area contributed by atoms with E-state index < -0.39 is 69.9 Å². The van der Waals surface area contributed by atoms with E-state index in [1.165, 1.54) is 0 Å². The van der Waals surface area contributed by atoms with Gasteiger partial charge in [-0.3, -0.25) is 33.6 Å². The van der Waals surface area contributed by atoms with Crippen LogP contribution in [0.15, 0.2) is 89.3 Å². The van der Waals surface area contributed by atoms with Gasteiger partial charge < -0.3 is 91.1 Å². The lowest BCUT2D eigenvalue weighted by Gasteiger charge is -2.24. The smallest absolute Gasteiger partial charge is 0.328 e. The van der Waals surface area contributed by atoms with E-state index in [1.807, 2.05) is 78.9 Å². The van der Waals surface area contributed by atoms with Crippen LogP contribution in [0.2, 0.25) is 0 Å². The monoisotopic (exact) mass is 1300 g/mol. The van der Waals surface area contributed by atoms with Gasteiger partial charge in [0.05, 0.1) is 17.8 Å². The first-order valence-corrected chi connectivity index (χ1v) is 31.9. The summed E-state index contributed by atoms with van der Waals surface area (Å²) in [5.41, 5.74) is 48.4. The fraction of sp³-hybridized carbons (Fsp3) is 0.529. The van der Waals surface area contributed by atoms with Crippen molar-refractivity contribution in [1.82, 2.24) is 0 Å². The molecule has 12 rings (SSSR count). The van der Waals surface area contributed by atoms with Crippen molar-refractivity contribution < 1.29 is 83.6 Å². The summed E-state index contributed by atoms with van der Waals surface area (Å²) < 4.78 is 6.05. The number of benzene rings is 4. The minimum absolute atomic E-state index is 0.103. The second-order valence-corrected chi connectivity index (χ2v) is 25.4. The first-order valence-electron chi connectivity index (χ1n) is 31.9. The van der Waals surface area contributed by atoms with Crippen LogP contribution in [0.1, 0.15) is 162 Å². The Bertz CT molecular complexity index is 3260. The fourth-order valence-corrected chi connectivity index (χ4v) is 12.4. The number of hydrogen-bond donors (Lipinski definition) is 16. The predicted molar refractivity (Wildman–Crippen MR) is 349 cm³/mol. The average molecular weight is 1300 g/mol. The highest BCUT2D eigenvalue weighted by atomic mass is 16.4. The molecule has 1 aromatic heterocycles. The van der Waals surface area contributed by atoms with Gasteiger partial charge >= 0.3 is 47.8 Å². The molecule has 24 N–H and O–H groups in total. The Kier molecular flexibility index (Phi) is 28.4. The van der Waals surface area contributed by atoms with Gasteiger partial charge in [0.15, 0.2) is 0 Å². The number of carbonyl (C=O) groups is 8. The zero-order valence-corrected chi connectivity index (χ0v) is 52.8. The molecule has 25 heteroatoms. The van der Waals surface area contributed by atoms with Crippen molar-refractivity contribution in [3.05, 3.63) is 118 Å². The number of carboxylic acid groups (broad SMARTS) is 8. The Hall–Kier alpha value is -7.88. The summed E-state index contributed by atoms with van der Waals surface area (Å²) in [5.74, 6) is -7.40. The molecular formula is C68H96N8O17. The molecule has 1 heterocycles. The molecule has 0 radical (unpaired) electrons. The molecular weight excluding hydrogens is 1200 g/mol. The highest BCUT2D eigenvalue weighted by molar-refractivity contribution is 6.07. The summed E-state index contributed by atoms with van der Waals surface area (Å²) in [6, 6.07) is 26.8. The van der Waals surface area contributed by atoms with Crippen LogP contribution in [0.25, 0.3) is 21.9 Å². The van der Waals surface area contributed by atoms with Gasteiger partial charge in [-0.15, -0.1) is 0 Å². The van der Waals surface area contributed by atoms with Crippen molar-refractivity contribution in [3.8, 4) is 0 Å². The number of hydrogen-bond acceptors (Lipinski definition) is 17. The summed E-state index contributed by atoms with van der Waals surface area (Å²) in [5, 5.41) is 71.5. The van der Waals surface area contributed by atoms with Crippen LogP contribution in [-0.2, 0) is 76.0 Å². The van der Waals surface area contributed by atoms with Gasteiger partial charge in [-0.1, -0.05) is 136 Å². The number of aliphatic carboxylic acids is 8. The largest absolute Gasteiger partial charge is 0.481 e. The minimum Gasteiger partial charge on any atom is -0.481 e. The highest BCUT2D eigenvalue weighted by Crippen LogP contribution is 2.37. The summed E-state index contributed by atoms with van der Waals surface area (Å²) in [6.45, 7) is 0.571. The van der Waals surface area contributed by atoms with Gasteiger partial charge in [0.1, 0.15) is 33.3 Å². The molecule has 7 atom stereocenters. The second kappa shape index (κ2) is 34.9. The molecule has 7 aliphatic rings. The molecule has 510 valence electrons. The van der Waals surface area contributed by atoms with Gasteiger partial charge in [0.2, 0.25) is 0 Å². The van der Waals surface area contributed by atoms with Crippen LogP contribution in [0, 0.1) is 17.8 Å². The Labute approximate surface area is 540 Å². The lowest BCUT2D eigenvalue weighted by atomic mass is 9.85. The molecule has 0 spiro atoms. The molecule has 5 saturated carbocycles. The van der Waals surface area contributed by atoms with Crippen LogP contribution in [0.4, 0.5) is 0 Å². The quantitative estimate of drug-likeness (QED) is 0.0659. The molecule has 0 aliphatic heterocycles. The van der Waals surface area contributed by atoms with Crippen molar-refractivity contribution in [1.29, 1.82) is 0 Å². The van der Waals surface area contributed by atoms with E-state index in [9.17, 15) is 38.4 Å². The third kappa shape index (κ3) is 21.3. The zero-order valence-electron chi connectivity index (χ0n) is 52.8. The maximum Gasteiger partial charge on any atom is 0.328 e. The highest BCUT2D eigenvalue weighted by Gasteiger charge is 2.46. The maximum absolute atomic E-state index is 11.0. The summed E-state index contributed by atoms with van der Waals surface area (Å²) in [4.78, 5) is 84.4. The number of carboxylic acids is 8. The molecule has 1 unspecified atom stereocenters. The third-order valence-corrected chi connectivity index (χ3v) is 18.5. The van der Waals surface area contributed by atoms with Crippen molar-refractivity contribution >= 4 is 69.7 Å². The number of aryl methyl sites for hydroxylation is 2. The van der Waals surface area contributed by atoms with Crippen LogP contribution in [-0.4, -0.2) is 130 Å². The van der Waals surface area contributed by atoms with Gasteiger partial charge in [-0.25, -0.2) is 4.79 Å². The third-order valence-electron chi connectivity index (χ3n) is 18.5. The topological polar surface area (TPSA) is 520 Å². The molecule has 5 aromatic rings.